The number of hydrogen-bond acceptors (Lipinski definition) is 6. The minimum atomic E-state index is -0.614. The highest BCUT2D eigenvalue weighted by Gasteiger charge is 2.39. The van der Waals surface area contributed by atoms with Crippen LogP contribution in [-0.2, 0) is 31.2 Å². The molecule has 1 aliphatic heterocycles. The first-order chi connectivity index (χ1) is 20.3. The standard InChI is InChI=1S/C33H38Cl2N2O5.ClH/c1-3-31(38)42-33(27-12-8-5-9-13-27)16-18-37(19-17-33)20-21-40-30(26-14-15-28(34)29(35)22-26)23-36(2)32(39)41-24-25-10-6-4-7-11-25;/h4-15,22,30H,3,16-21,23-24H2,1-2H3;1H. The van der Waals surface area contributed by atoms with Gasteiger partial charge in [0.15, 0.2) is 0 Å². The third-order valence-electron chi connectivity index (χ3n) is 7.56. The molecule has 0 N–H and O–H groups in total. The fourth-order valence-corrected chi connectivity index (χ4v) is 5.37. The molecule has 1 amide bonds. The summed E-state index contributed by atoms with van der Waals surface area (Å²) < 4.78 is 17.9. The van der Waals surface area contributed by atoms with Gasteiger partial charge in [-0.25, -0.2) is 4.79 Å². The van der Waals surface area contributed by atoms with Gasteiger partial charge in [-0.2, -0.15) is 0 Å². The first-order valence-corrected chi connectivity index (χ1v) is 15.0. The number of likely N-dealkylation sites (N-methyl/N-ethyl adjacent to an activating group) is 1. The first-order valence-electron chi connectivity index (χ1n) is 14.3. The van der Waals surface area contributed by atoms with Gasteiger partial charge in [-0.3, -0.25) is 4.79 Å². The molecule has 4 rings (SSSR count). The van der Waals surface area contributed by atoms with Gasteiger partial charge in [-0.05, 0) is 28.8 Å². The summed E-state index contributed by atoms with van der Waals surface area (Å²) in [6.07, 6.45) is 0.871. The molecule has 7 nitrogen and oxygen atoms in total. The van der Waals surface area contributed by atoms with Crippen LogP contribution in [0.3, 0.4) is 0 Å². The van der Waals surface area contributed by atoms with E-state index in [-0.39, 0.29) is 31.5 Å². The van der Waals surface area contributed by atoms with E-state index in [2.05, 4.69) is 4.90 Å². The molecule has 10 heteroatoms. The maximum Gasteiger partial charge on any atom is 0.409 e. The van der Waals surface area contributed by atoms with Crippen molar-refractivity contribution in [3.05, 3.63) is 106 Å². The van der Waals surface area contributed by atoms with Crippen molar-refractivity contribution in [1.82, 2.24) is 9.80 Å². The Morgan fingerprint density at radius 2 is 1.60 bits per heavy atom. The van der Waals surface area contributed by atoms with Crippen LogP contribution < -0.4 is 0 Å². The molecule has 43 heavy (non-hydrogen) atoms. The van der Waals surface area contributed by atoms with Crippen LogP contribution in [0.1, 0.15) is 49.0 Å². The Bertz CT molecular complexity index is 1300. The number of ether oxygens (including phenoxy) is 3. The molecule has 0 bridgehead atoms. The van der Waals surface area contributed by atoms with Crippen LogP contribution in [0.25, 0.3) is 0 Å². The summed E-state index contributed by atoms with van der Waals surface area (Å²) in [6, 6.07) is 24.9. The number of amides is 1. The minimum absolute atomic E-state index is 0. The van der Waals surface area contributed by atoms with Crippen molar-refractivity contribution in [1.29, 1.82) is 0 Å². The monoisotopic (exact) mass is 648 g/mol. The van der Waals surface area contributed by atoms with Gasteiger partial charge in [0.1, 0.15) is 18.3 Å². The number of carbonyl (C=O) groups is 2. The third-order valence-corrected chi connectivity index (χ3v) is 8.30. The molecule has 0 aromatic heterocycles. The zero-order chi connectivity index (χ0) is 30.0. The zero-order valence-electron chi connectivity index (χ0n) is 24.5. The van der Waals surface area contributed by atoms with Crippen molar-refractivity contribution in [2.24, 2.45) is 0 Å². The smallest absolute Gasteiger partial charge is 0.409 e. The summed E-state index contributed by atoms with van der Waals surface area (Å²) >= 11 is 12.5. The van der Waals surface area contributed by atoms with Gasteiger partial charge in [0, 0.05) is 45.9 Å². The SMILES string of the molecule is CCC(=O)OC1(c2ccccc2)CCN(CCOC(CN(C)C(=O)OCc2ccccc2)c2ccc(Cl)c(Cl)c2)CC1.Cl. The van der Waals surface area contributed by atoms with Crippen molar-refractivity contribution in [2.45, 2.75) is 44.5 Å². The summed E-state index contributed by atoms with van der Waals surface area (Å²) in [5.74, 6) is -0.188. The number of piperidine rings is 1. The third kappa shape index (κ3) is 9.85. The molecular weight excluding hydrogens is 611 g/mol. The second kappa shape index (κ2) is 16.9. The number of carbonyl (C=O) groups excluding carboxylic acids is 2. The number of esters is 1. The summed E-state index contributed by atoms with van der Waals surface area (Å²) in [5, 5.41) is 0.876. The molecule has 232 valence electrons. The Morgan fingerprint density at radius 1 is 0.953 bits per heavy atom. The molecule has 0 spiro atoms. The van der Waals surface area contributed by atoms with E-state index in [1.54, 1.807) is 19.2 Å². The lowest BCUT2D eigenvalue weighted by Gasteiger charge is -2.41. The Balaban J connectivity index is 0.00000506. The minimum Gasteiger partial charge on any atom is -0.454 e. The quantitative estimate of drug-likeness (QED) is 0.188. The van der Waals surface area contributed by atoms with E-state index in [0.29, 0.717) is 42.5 Å². The average molecular weight is 650 g/mol. The lowest BCUT2D eigenvalue weighted by Crippen LogP contribution is -2.46. The number of rotatable bonds is 12. The molecule has 1 fully saturated rings. The second-order valence-electron chi connectivity index (χ2n) is 10.5. The van der Waals surface area contributed by atoms with E-state index in [4.69, 9.17) is 37.4 Å². The Kier molecular flexibility index (Phi) is 13.6. The highest BCUT2D eigenvalue weighted by molar-refractivity contribution is 6.42. The van der Waals surface area contributed by atoms with Gasteiger partial charge < -0.3 is 24.0 Å². The van der Waals surface area contributed by atoms with Crippen LogP contribution in [-0.4, -0.2) is 61.7 Å². The first kappa shape index (κ1) is 34.7. The van der Waals surface area contributed by atoms with Crippen LogP contribution in [0, 0.1) is 0 Å². The van der Waals surface area contributed by atoms with Gasteiger partial charge in [0.2, 0.25) is 0 Å². The average Bonchev–Trinajstić information content (AvgIpc) is 3.02. The molecule has 1 aliphatic rings. The largest absolute Gasteiger partial charge is 0.454 e. The molecule has 1 atom stereocenters. The number of nitrogens with zero attached hydrogens (tertiary/aromatic N) is 2. The molecule has 1 unspecified atom stereocenters. The number of benzene rings is 3. The molecule has 3 aromatic rings. The second-order valence-corrected chi connectivity index (χ2v) is 11.3. The van der Waals surface area contributed by atoms with E-state index < -0.39 is 17.8 Å². The number of hydrogen-bond donors (Lipinski definition) is 0. The maximum atomic E-state index is 12.8. The Hall–Kier alpha value is -2.81. The Labute approximate surface area is 270 Å². The normalized spacial score (nSPS) is 15.2. The van der Waals surface area contributed by atoms with Gasteiger partial charge >= 0.3 is 12.1 Å². The number of halogens is 3. The van der Waals surface area contributed by atoms with Crippen LogP contribution in [0.5, 0.6) is 0 Å². The van der Waals surface area contributed by atoms with Crippen LogP contribution in [0.4, 0.5) is 4.79 Å². The molecule has 3 aromatic carbocycles. The summed E-state index contributed by atoms with van der Waals surface area (Å²) in [7, 11) is 1.69. The molecular formula is C33H39Cl3N2O5. The van der Waals surface area contributed by atoms with E-state index in [0.717, 1.165) is 29.8 Å². The molecule has 1 heterocycles. The fraction of sp³-hybridized carbons (Fsp3) is 0.394. The van der Waals surface area contributed by atoms with Crippen molar-refractivity contribution < 1.29 is 23.8 Å². The molecule has 0 aliphatic carbocycles. The van der Waals surface area contributed by atoms with Crippen molar-refractivity contribution >= 4 is 47.7 Å². The zero-order valence-corrected chi connectivity index (χ0v) is 26.9. The lowest BCUT2D eigenvalue weighted by molar-refractivity contribution is -0.166. The van der Waals surface area contributed by atoms with Crippen LogP contribution >= 0.6 is 35.6 Å². The van der Waals surface area contributed by atoms with Crippen molar-refractivity contribution in [2.75, 3.05) is 39.8 Å². The Morgan fingerprint density at radius 3 is 2.23 bits per heavy atom. The van der Waals surface area contributed by atoms with Gasteiger partial charge in [-0.15, -0.1) is 12.4 Å². The molecule has 1 saturated heterocycles. The van der Waals surface area contributed by atoms with Crippen molar-refractivity contribution in [3.63, 3.8) is 0 Å². The fourth-order valence-electron chi connectivity index (χ4n) is 5.06. The molecule has 0 saturated carbocycles. The maximum absolute atomic E-state index is 12.8. The van der Waals surface area contributed by atoms with Crippen LogP contribution in [0.15, 0.2) is 78.9 Å². The molecule has 0 radical (unpaired) electrons. The van der Waals surface area contributed by atoms with E-state index in [9.17, 15) is 9.59 Å². The number of likely N-dealkylation sites (tertiary alicyclic amines) is 1. The lowest BCUT2D eigenvalue weighted by atomic mass is 9.84. The van der Waals surface area contributed by atoms with Crippen LogP contribution in [0.2, 0.25) is 10.0 Å². The van der Waals surface area contributed by atoms with E-state index in [1.165, 1.54) is 4.90 Å². The predicted molar refractivity (Wildman–Crippen MR) is 172 cm³/mol. The van der Waals surface area contributed by atoms with Gasteiger partial charge in [0.05, 0.1) is 23.2 Å². The van der Waals surface area contributed by atoms with Gasteiger partial charge in [-0.1, -0.05) is 96.9 Å². The highest BCUT2D eigenvalue weighted by Crippen LogP contribution is 2.37. The van der Waals surface area contributed by atoms with E-state index in [1.807, 2.05) is 73.7 Å². The highest BCUT2D eigenvalue weighted by atomic mass is 35.5. The predicted octanol–water partition coefficient (Wildman–Crippen LogP) is 7.69. The summed E-state index contributed by atoms with van der Waals surface area (Å²) in [4.78, 5) is 28.9. The topological polar surface area (TPSA) is 68.3 Å². The van der Waals surface area contributed by atoms with Crippen molar-refractivity contribution in [3.8, 4) is 0 Å². The van der Waals surface area contributed by atoms with Gasteiger partial charge in [0.25, 0.3) is 0 Å². The summed E-state index contributed by atoms with van der Waals surface area (Å²) in [6.45, 7) is 4.93. The van der Waals surface area contributed by atoms with E-state index >= 15 is 0 Å². The summed E-state index contributed by atoms with van der Waals surface area (Å²) in [5.41, 5.74) is 2.15.